The van der Waals surface area contributed by atoms with Crippen LogP contribution < -0.4 is 10.1 Å². The van der Waals surface area contributed by atoms with E-state index in [0.29, 0.717) is 19.7 Å². The summed E-state index contributed by atoms with van der Waals surface area (Å²) in [4.78, 5) is 0. The summed E-state index contributed by atoms with van der Waals surface area (Å²) >= 11 is 0. The van der Waals surface area contributed by atoms with Crippen LogP contribution in [0.25, 0.3) is 16.9 Å². The molecule has 1 aromatic heterocycles. The van der Waals surface area contributed by atoms with Crippen molar-refractivity contribution in [3.63, 3.8) is 0 Å². The number of aromatic nitrogens is 3. The highest BCUT2D eigenvalue weighted by atomic mass is 19.1. The van der Waals surface area contributed by atoms with Gasteiger partial charge in [-0.1, -0.05) is 17.3 Å². The highest BCUT2D eigenvalue weighted by Gasteiger charge is 2.22. The Kier molecular flexibility index (Phi) is 3.74. The number of para-hydroxylation sites is 1. The maximum atomic E-state index is 13.5. The van der Waals surface area contributed by atoms with E-state index in [4.69, 9.17) is 4.74 Å². The van der Waals surface area contributed by atoms with Crippen molar-refractivity contribution in [1.29, 1.82) is 0 Å². The maximum absolute atomic E-state index is 13.5. The number of hydrogen-bond donors (Lipinski definition) is 1. The van der Waals surface area contributed by atoms with Gasteiger partial charge in [-0.3, -0.25) is 0 Å². The lowest BCUT2D eigenvalue weighted by molar-refractivity contribution is 0.341. The molecule has 4 rings (SSSR count). The maximum Gasteiger partial charge on any atom is 0.128 e. The number of hydrogen-bond acceptors (Lipinski definition) is 4. The van der Waals surface area contributed by atoms with Gasteiger partial charge >= 0.3 is 0 Å². The Hall–Kier alpha value is -2.73. The van der Waals surface area contributed by atoms with Gasteiger partial charge in [-0.15, -0.1) is 5.10 Å². The van der Waals surface area contributed by atoms with Gasteiger partial charge in [0.05, 0.1) is 18.0 Å². The normalized spacial score (nSPS) is 13.1. The zero-order valence-corrected chi connectivity index (χ0v) is 13.3. The number of benzene rings is 2. The van der Waals surface area contributed by atoms with Crippen LogP contribution in [0.3, 0.4) is 0 Å². The minimum atomic E-state index is -0.249. The summed E-state index contributed by atoms with van der Waals surface area (Å²) in [5, 5.41) is 12.0. The van der Waals surface area contributed by atoms with Crippen molar-refractivity contribution >= 4 is 0 Å². The molecule has 0 aliphatic carbocycles. The van der Waals surface area contributed by atoms with Gasteiger partial charge in [0.25, 0.3) is 0 Å². The van der Waals surface area contributed by atoms with E-state index in [1.54, 1.807) is 10.7 Å². The molecule has 0 unspecified atom stereocenters. The molecule has 0 saturated carbocycles. The van der Waals surface area contributed by atoms with Crippen molar-refractivity contribution < 1.29 is 9.13 Å². The SMILES string of the molecule is CCOc1ccccc1-c1nnn2c1CNCc1cc(F)ccc1-2. The minimum Gasteiger partial charge on any atom is -0.493 e. The van der Waals surface area contributed by atoms with Crippen LogP contribution in [0.15, 0.2) is 42.5 Å². The summed E-state index contributed by atoms with van der Waals surface area (Å²) in [7, 11) is 0. The second-order valence-electron chi connectivity index (χ2n) is 5.60. The first-order chi connectivity index (χ1) is 11.8. The quantitative estimate of drug-likeness (QED) is 0.804. The van der Waals surface area contributed by atoms with E-state index < -0.39 is 0 Å². The zero-order valence-electron chi connectivity index (χ0n) is 13.3. The summed E-state index contributed by atoms with van der Waals surface area (Å²) in [6.07, 6.45) is 0. The molecule has 0 bridgehead atoms. The summed E-state index contributed by atoms with van der Waals surface area (Å²) < 4.78 is 21.0. The Morgan fingerprint density at radius 1 is 1.21 bits per heavy atom. The Morgan fingerprint density at radius 2 is 2.08 bits per heavy atom. The van der Waals surface area contributed by atoms with Crippen LogP contribution in [0.4, 0.5) is 4.39 Å². The molecule has 6 heteroatoms. The third-order valence-corrected chi connectivity index (χ3v) is 4.08. The molecule has 24 heavy (non-hydrogen) atoms. The number of halogens is 1. The molecule has 0 fully saturated rings. The molecular formula is C18H17FN4O. The lowest BCUT2D eigenvalue weighted by atomic mass is 10.1. The number of rotatable bonds is 3. The fraction of sp³-hybridized carbons (Fsp3) is 0.222. The number of fused-ring (bicyclic) bond motifs is 3. The van der Waals surface area contributed by atoms with E-state index in [0.717, 1.165) is 34.0 Å². The predicted octanol–water partition coefficient (Wildman–Crippen LogP) is 3.08. The summed E-state index contributed by atoms with van der Waals surface area (Å²) in [6.45, 7) is 3.72. The van der Waals surface area contributed by atoms with Crippen molar-refractivity contribution in [2.24, 2.45) is 0 Å². The van der Waals surface area contributed by atoms with Crippen LogP contribution in [0.5, 0.6) is 5.75 Å². The molecule has 1 N–H and O–H groups in total. The van der Waals surface area contributed by atoms with Crippen molar-refractivity contribution in [1.82, 2.24) is 20.3 Å². The summed E-state index contributed by atoms with van der Waals surface area (Å²) in [6, 6.07) is 12.5. The van der Waals surface area contributed by atoms with Crippen LogP contribution in [-0.2, 0) is 13.1 Å². The van der Waals surface area contributed by atoms with Crippen molar-refractivity contribution in [3.05, 3.63) is 59.5 Å². The third-order valence-electron chi connectivity index (χ3n) is 4.08. The minimum absolute atomic E-state index is 0.249. The second-order valence-corrected chi connectivity index (χ2v) is 5.60. The Balaban J connectivity index is 1.87. The van der Waals surface area contributed by atoms with E-state index >= 15 is 0 Å². The van der Waals surface area contributed by atoms with Crippen molar-refractivity contribution in [2.45, 2.75) is 20.0 Å². The standard InChI is InChI=1S/C18H17FN4O/c1-2-24-17-6-4-3-5-14(17)18-16-11-20-10-12-9-13(19)7-8-15(12)23(16)22-21-18/h3-9,20H,2,10-11H2,1H3. The van der Waals surface area contributed by atoms with Gasteiger partial charge in [-0.2, -0.15) is 0 Å². The van der Waals surface area contributed by atoms with Gasteiger partial charge in [-0.05, 0) is 42.8 Å². The van der Waals surface area contributed by atoms with Gasteiger partial charge in [-0.25, -0.2) is 9.07 Å². The van der Waals surface area contributed by atoms with Gasteiger partial charge in [0.2, 0.25) is 0 Å². The van der Waals surface area contributed by atoms with E-state index in [1.807, 2.05) is 31.2 Å². The molecule has 1 aliphatic heterocycles. The number of ether oxygens (including phenoxy) is 1. The zero-order chi connectivity index (χ0) is 16.5. The highest BCUT2D eigenvalue weighted by molar-refractivity contribution is 5.69. The van der Waals surface area contributed by atoms with Gasteiger partial charge < -0.3 is 10.1 Å². The molecule has 5 nitrogen and oxygen atoms in total. The van der Waals surface area contributed by atoms with E-state index in [2.05, 4.69) is 15.6 Å². The fourth-order valence-corrected chi connectivity index (χ4v) is 3.02. The largest absolute Gasteiger partial charge is 0.493 e. The Labute approximate surface area is 139 Å². The van der Waals surface area contributed by atoms with E-state index in [-0.39, 0.29) is 5.82 Å². The molecule has 2 heterocycles. The van der Waals surface area contributed by atoms with Gasteiger partial charge in [0.15, 0.2) is 0 Å². The van der Waals surface area contributed by atoms with Gasteiger partial charge in [0.1, 0.15) is 17.3 Å². The lowest BCUT2D eigenvalue weighted by Crippen LogP contribution is -2.11. The first-order valence-corrected chi connectivity index (χ1v) is 7.94. The predicted molar refractivity (Wildman–Crippen MR) is 88.5 cm³/mol. The van der Waals surface area contributed by atoms with Crippen molar-refractivity contribution in [2.75, 3.05) is 6.61 Å². The number of nitrogens with zero attached hydrogens (tertiary/aromatic N) is 3. The van der Waals surface area contributed by atoms with E-state index in [1.165, 1.54) is 12.1 Å². The van der Waals surface area contributed by atoms with Gasteiger partial charge in [0, 0.05) is 18.7 Å². The summed E-state index contributed by atoms with van der Waals surface area (Å²) in [5.74, 6) is 0.535. The molecular weight excluding hydrogens is 307 g/mol. The Morgan fingerprint density at radius 3 is 2.96 bits per heavy atom. The van der Waals surface area contributed by atoms with E-state index in [9.17, 15) is 4.39 Å². The molecule has 0 amide bonds. The molecule has 0 atom stereocenters. The monoisotopic (exact) mass is 324 g/mol. The second kappa shape index (κ2) is 6.05. The molecule has 122 valence electrons. The van der Waals surface area contributed by atoms with Crippen LogP contribution in [0.1, 0.15) is 18.2 Å². The first-order valence-electron chi connectivity index (χ1n) is 7.94. The molecule has 0 radical (unpaired) electrons. The first kappa shape index (κ1) is 14.8. The van der Waals surface area contributed by atoms with Crippen molar-refractivity contribution in [3.8, 4) is 22.7 Å². The topological polar surface area (TPSA) is 52.0 Å². The average molecular weight is 324 g/mol. The Bertz CT molecular complexity index is 890. The fourth-order valence-electron chi connectivity index (χ4n) is 3.02. The number of nitrogens with one attached hydrogen (secondary N) is 1. The lowest BCUT2D eigenvalue weighted by Gasteiger charge is -2.10. The molecule has 0 spiro atoms. The molecule has 0 saturated heterocycles. The third kappa shape index (κ3) is 2.45. The van der Waals surface area contributed by atoms with Crippen LogP contribution in [0.2, 0.25) is 0 Å². The summed E-state index contributed by atoms with van der Waals surface area (Å²) in [5.41, 5.74) is 4.34. The average Bonchev–Trinajstić information content (AvgIpc) is 2.91. The molecule has 1 aliphatic rings. The van der Waals surface area contributed by atoms with Crippen LogP contribution in [-0.4, -0.2) is 21.6 Å². The highest BCUT2D eigenvalue weighted by Crippen LogP contribution is 2.33. The molecule has 2 aromatic carbocycles. The van der Waals surface area contributed by atoms with Crippen LogP contribution in [0, 0.1) is 5.82 Å². The molecule has 3 aromatic rings. The van der Waals surface area contributed by atoms with Crippen LogP contribution >= 0.6 is 0 Å². The smallest absolute Gasteiger partial charge is 0.128 e.